The van der Waals surface area contributed by atoms with Gasteiger partial charge in [0.05, 0.1) is 26.4 Å². The van der Waals surface area contributed by atoms with Crippen LogP contribution in [-0.2, 0) is 33.2 Å². The van der Waals surface area contributed by atoms with E-state index in [-0.39, 0.29) is 25.6 Å². The Bertz CT molecular complexity index is 1370. The van der Waals surface area contributed by atoms with E-state index in [1.165, 1.54) is 77.0 Å². The molecule has 0 saturated carbocycles. The molecule has 0 amide bonds. The number of aliphatic hydroxyl groups excluding tert-OH is 7. The normalized spacial score (nSPS) is 26.2. The number of unbranched alkanes of at least 4 members (excludes halogenated alkanes) is 18. The van der Waals surface area contributed by atoms with Crippen LogP contribution >= 0.6 is 0 Å². The summed E-state index contributed by atoms with van der Waals surface area (Å²) in [5.41, 5.74) is 0. The maximum absolute atomic E-state index is 13.0. The summed E-state index contributed by atoms with van der Waals surface area (Å²) in [6.07, 6.45) is 34.3. The predicted molar refractivity (Wildman–Crippen MR) is 270 cm³/mol. The molecule has 2 saturated heterocycles. The third-order valence-corrected chi connectivity index (χ3v) is 12.5. The highest BCUT2D eigenvalue weighted by Gasteiger charge is 2.47. The Morgan fingerprint density at radius 2 is 0.942 bits per heavy atom. The van der Waals surface area contributed by atoms with E-state index in [0.717, 1.165) is 77.0 Å². The van der Waals surface area contributed by atoms with Crippen molar-refractivity contribution in [2.24, 2.45) is 0 Å². The number of hydrogen-bond donors (Lipinski definition) is 7. The fourth-order valence-corrected chi connectivity index (χ4v) is 8.19. The first-order chi connectivity index (χ1) is 33.6. The van der Waals surface area contributed by atoms with E-state index in [0.29, 0.717) is 13.0 Å². The SMILES string of the molecule is CC/C=C\C/C=C\C/C=C\C/C=C\C/C=C\CCCCCCCCCCCC(=O)OC(COCCCCCCCCCCCC)COC1OC(COC2OC(CO)C(O)C(O)C2O)C(O)C(O)C1O. The molecule has 0 aliphatic carbocycles. The Kier molecular flexibility index (Phi) is 38.4. The zero-order chi connectivity index (χ0) is 50.2. The monoisotopic (exact) mass is 981 g/mol. The maximum atomic E-state index is 13.0. The van der Waals surface area contributed by atoms with Crippen LogP contribution in [0.15, 0.2) is 60.8 Å². The first-order valence-corrected chi connectivity index (χ1v) is 26.9. The molecule has 2 fully saturated rings. The van der Waals surface area contributed by atoms with Crippen molar-refractivity contribution in [3.8, 4) is 0 Å². The predicted octanol–water partition coefficient (Wildman–Crippen LogP) is 8.52. The van der Waals surface area contributed by atoms with Crippen molar-refractivity contribution >= 4 is 5.97 Å². The van der Waals surface area contributed by atoms with Gasteiger partial charge in [-0.15, -0.1) is 0 Å². The molecular formula is C55H96O14. The first kappa shape index (κ1) is 62.8. The molecule has 14 nitrogen and oxygen atoms in total. The minimum Gasteiger partial charge on any atom is -0.457 e. The van der Waals surface area contributed by atoms with Crippen molar-refractivity contribution in [2.75, 3.05) is 33.0 Å². The van der Waals surface area contributed by atoms with E-state index in [9.17, 15) is 40.5 Å². The van der Waals surface area contributed by atoms with Crippen molar-refractivity contribution in [1.82, 2.24) is 0 Å². The molecule has 0 aromatic heterocycles. The van der Waals surface area contributed by atoms with Crippen LogP contribution in [0, 0.1) is 0 Å². The minimum absolute atomic E-state index is 0.0587. The molecular weight excluding hydrogens is 885 g/mol. The number of hydrogen-bond acceptors (Lipinski definition) is 14. The van der Waals surface area contributed by atoms with Gasteiger partial charge in [0.25, 0.3) is 0 Å². The van der Waals surface area contributed by atoms with Crippen LogP contribution < -0.4 is 0 Å². The Hall–Kier alpha value is -2.31. The molecule has 11 unspecified atom stereocenters. The summed E-state index contributed by atoms with van der Waals surface area (Å²) >= 11 is 0. The van der Waals surface area contributed by atoms with E-state index in [1.54, 1.807) is 0 Å². The molecule has 0 bridgehead atoms. The van der Waals surface area contributed by atoms with E-state index >= 15 is 0 Å². The number of carbonyl (C=O) groups is 1. The number of rotatable bonds is 42. The van der Waals surface area contributed by atoms with Crippen molar-refractivity contribution in [2.45, 2.75) is 248 Å². The maximum Gasteiger partial charge on any atom is 0.306 e. The number of aliphatic hydroxyl groups is 7. The molecule has 14 heteroatoms. The third kappa shape index (κ3) is 29.7. The number of ether oxygens (including phenoxy) is 6. The van der Waals surface area contributed by atoms with E-state index in [2.05, 4.69) is 74.6 Å². The lowest BCUT2D eigenvalue weighted by Crippen LogP contribution is -2.61. The lowest BCUT2D eigenvalue weighted by molar-refractivity contribution is -0.332. The smallest absolute Gasteiger partial charge is 0.306 e. The summed E-state index contributed by atoms with van der Waals surface area (Å²) in [6.45, 7) is 3.55. The molecule has 0 aromatic rings. The van der Waals surface area contributed by atoms with Gasteiger partial charge in [0, 0.05) is 13.0 Å². The second kappa shape index (κ2) is 42.2. The summed E-state index contributed by atoms with van der Waals surface area (Å²) in [5.74, 6) is -0.384. The molecule has 7 N–H and O–H groups in total. The summed E-state index contributed by atoms with van der Waals surface area (Å²) in [4.78, 5) is 13.0. The molecule has 2 heterocycles. The molecule has 2 rings (SSSR count). The lowest BCUT2D eigenvalue weighted by atomic mass is 9.98. The molecule has 0 radical (unpaired) electrons. The largest absolute Gasteiger partial charge is 0.457 e. The standard InChI is InChI=1S/C55H96O14/c1-3-5-7-9-11-13-15-16-17-18-19-20-21-22-23-24-25-26-27-28-29-30-32-34-36-38-47(57)67-44(41-64-39-37-35-33-31-14-12-10-8-6-4-2)42-65-54-53(63)51(61)49(59)46(69-54)43-66-55-52(62)50(60)48(58)45(40-56)68-55/h5,7,11,13,16-17,19-20,22-23,44-46,48-56,58-63H,3-4,6,8-10,12,14-15,18,21,24-43H2,1-2H3/b7-5-,13-11-,17-16-,20-19-,23-22-. The zero-order valence-corrected chi connectivity index (χ0v) is 42.5. The minimum atomic E-state index is -1.71. The highest BCUT2D eigenvalue weighted by atomic mass is 16.7. The number of esters is 1. The van der Waals surface area contributed by atoms with Gasteiger partial charge in [0.1, 0.15) is 54.9 Å². The van der Waals surface area contributed by atoms with Crippen molar-refractivity contribution in [1.29, 1.82) is 0 Å². The van der Waals surface area contributed by atoms with Gasteiger partial charge in [0.15, 0.2) is 12.6 Å². The average Bonchev–Trinajstić information content (AvgIpc) is 3.35. The molecule has 69 heavy (non-hydrogen) atoms. The van der Waals surface area contributed by atoms with Crippen LogP contribution in [0.25, 0.3) is 0 Å². The summed E-state index contributed by atoms with van der Waals surface area (Å²) in [5, 5.41) is 72.1. The molecule has 11 atom stereocenters. The highest BCUT2D eigenvalue weighted by molar-refractivity contribution is 5.69. The Morgan fingerprint density at radius 3 is 1.48 bits per heavy atom. The second-order valence-corrected chi connectivity index (χ2v) is 18.7. The van der Waals surface area contributed by atoms with E-state index in [1.807, 2.05) is 0 Å². The van der Waals surface area contributed by atoms with Crippen LogP contribution in [0.2, 0.25) is 0 Å². The van der Waals surface area contributed by atoms with Crippen LogP contribution in [0.5, 0.6) is 0 Å². The van der Waals surface area contributed by atoms with Crippen molar-refractivity contribution < 1.29 is 69.0 Å². The molecule has 0 aromatic carbocycles. The zero-order valence-electron chi connectivity index (χ0n) is 42.5. The van der Waals surface area contributed by atoms with Gasteiger partial charge in [-0.3, -0.25) is 4.79 Å². The molecule has 2 aliphatic heterocycles. The summed E-state index contributed by atoms with van der Waals surface area (Å²) in [6, 6.07) is 0. The molecule has 0 spiro atoms. The first-order valence-electron chi connectivity index (χ1n) is 26.9. The quantitative estimate of drug-likeness (QED) is 0.0174. The van der Waals surface area contributed by atoms with Gasteiger partial charge in [-0.2, -0.15) is 0 Å². The van der Waals surface area contributed by atoms with Crippen LogP contribution in [0.4, 0.5) is 0 Å². The Labute approximate surface area is 415 Å². The Balaban J connectivity index is 1.69. The number of allylic oxidation sites excluding steroid dienone is 10. The van der Waals surface area contributed by atoms with Crippen molar-refractivity contribution in [3.63, 3.8) is 0 Å². The highest BCUT2D eigenvalue weighted by Crippen LogP contribution is 2.26. The van der Waals surface area contributed by atoms with Gasteiger partial charge in [0.2, 0.25) is 0 Å². The molecule has 400 valence electrons. The van der Waals surface area contributed by atoms with Crippen LogP contribution in [0.1, 0.15) is 181 Å². The van der Waals surface area contributed by atoms with Gasteiger partial charge in [-0.05, 0) is 57.8 Å². The second-order valence-electron chi connectivity index (χ2n) is 18.7. The molecule has 2 aliphatic rings. The van der Waals surface area contributed by atoms with E-state index in [4.69, 9.17) is 28.4 Å². The summed E-state index contributed by atoms with van der Waals surface area (Å²) in [7, 11) is 0. The van der Waals surface area contributed by atoms with Crippen molar-refractivity contribution in [3.05, 3.63) is 60.8 Å². The van der Waals surface area contributed by atoms with Gasteiger partial charge < -0.3 is 64.2 Å². The number of carbonyl (C=O) groups excluding carboxylic acids is 1. The van der Waals surface area contributed by atoms with Gasteiger partial charge in [-0.1, -0.05) is 177 Å². The van der Waals surface area contributed by atoms with Gasteiger partial charge >= 0.3 is 5.97 Å². The fraction of sp³-hybridized carbons (Fsp3) is 0.800. The average molecular weight is 981 g/mol. The Morgan fingerprint density at radius 1 is 0.493 bits per heavy atom. The fourth-order valence-electron chi connectivity index (χ4n) is 8.19. The lowest BCUT2D eigenvalue weighted by Gasteiger charge is -2.42. The van der Waals surface area contributed by atoms with Crippen LogP contribution in [-0.4, -0.2) is 142 Å². The topological polar surface area (TPSA) is 214 Å². The van der Waals surface area contributed by atoms with Gasteiger partial charge in [-0.25, -0.2) is 0 Å². The van der Waals surface area contributed by atoms with E-state index < -0.39 is 80.7 Å². The van der Waals surface area contributed by atoms with Crippen LogP contribution in [0.3, 0.4) is 0 Å². The third-order valence-electron chi connectivity index (χ3n) is 12.5. The summed E-state index contributed by atoms with van der Waals surface area (Å²) < 4.78 is 34.2.